The third-order valence-corrected chi connectivity index (χ3v) is 3.96. The van der Waals surface area contributed by atoms with Crippen molar-refractivity contribution < 1.29 is 18.1 Å². The zero-order valence-corrected chi connectivity index (χ0v) is 13.3. The summed E-state index contributed by atoms with van der Waals surface area (Å²) in [5.41, 5.74) is 5.13. The van der Waals surface area contributed by atoms with E-state index in [1.54, 1.807) is 0 Å². The number of amides is 1. The van der Waals surface area contributed by atoms with Crippen molar-refractivity contribution in [3.05, 3.63) is 34.4 Å². The van der Waals surface area contributed by atoms with Gasteiger partial charge in [0.2, 0.25) is 15.9 Å². The van der Waals surface area contributed by atoms with Gasteiger partial charge in [0.05, 0.1) is 15.9 Å². The van der Waals surface area contributed by atoms with Gasteiger partial charge in [-0.3, -0.25) is 14.9 Å². The smallest absolute Gasteiger partial charge is 0.269 e. The molecule has 22 heavy (non-hydrogen) atoms. The van der Waals surface area contributed by atoms with Crippen LogP contribution in [0.1, 0.15) is 6.92 Å². The Morgan fingerprint density at radius 2 is 1.86 bits per heavy atom. The first-order valence-corrected chi connectivity index (χ1v) is 7.50. The lowest BCUT2D eigenvalue weighted by atomic mass is 10.3. The van der Waals surface area contributed by atoms with E-state index in [0.717, 1.165) is 24.3 Å². The Morgan fingerprint density at radius 3 is 2.32 bits per heavy atom. The van der Waals surface area contributed by atoms with Gasteiger partial charge in [-0.2, -0.15) is 0 Å². The lowest BCUT2D eigenvalue weighted by Crippen LogP contribution is -2.41. The zero-order chi connectivity index (χ0) is 16.0. The van der Waals surface area contributed by atoms with E-state index in [9.17, 15) is 23.3 Å². The highest BCUT2D eigenvalue weighted by Crippen LogP contribution is 2.15. The average molecular weight is 353 g/mol. The molecule has 0 aliphatic rings. The fraction of sp³-hybridized carbons (Fsp3) is 0.364. The van der Waals surface area contributed by atoms with Crippen molar-refractivity contribution in [2.75, 3.05) is 13.1 Å². The highest BCUT2D eigenvalue weighted by atomic mass is 35.5. The molecule has 0 aliphatic carbocycles. The van der Waals surface area contributed by atoms with E-state index in [1.807, 2.05) is 0 Å². The third-order valence-electron chi connectivity index (χ3n) is 2.49. The largest absolute Gasteiger partial charge is 0.353 e. The average Bonchev–Trinajstić information content (AvgIpc) is 2.43. The second-order valence-electron chi connectivity index (χ2n) is 4.23. The molecule has 9 nitrogen and oxygen atoms in total. The van der Waals surface area contributed by atoms with Crippen LogP contribution in [-0.4, -0.2) is 38.4 Å². The van der Waals surface area contributed by atoms with Crippen LogP contribution in [0.5, 0.6) is 0 Å². The molecule has 0 saturated carbocycles. The van der Waals surface area contributed by atoms with Gasteiger partial charge in [-0.25, -0.2) is 13.1 Å². The maximum Gasteiger partial charge on any atom is 0.269 e. The fourth-order valence-corrected chi connectivity index (χ4v) is 2.39. The first kappa shape index (κ1) is 20.2. The summed E-state index contributed by atoms with van der Waals surface area (Å²) in [7, 11) is -3.78. The van der Waals surface area contributed by atoms with Crippen molar-refractivity contribution in [1.82, 2.24) is 10.0 Å². The summed E-state index contributed by atoms with van der Waals surface area (Å²) in [6, 6.07) is 3.82. The molecule has 11 heteroatoms. The molecule has 4 N–H and O–H groups in total. The Bertz CT molecular complexity index is 618. The number of nitrogens with zero attached hydrogens (tertiary/aromatic N) is 1. The van der Waals surface area contributed by atoms with Crippen LogP contribution in [-0.2, 0) is 14.8 Å². The number of nitrogens with two attached hydrogens (primary N) is 1. The SMILES string of the molecule is C[C@H](N)C(=O)NCCNS(=O)(=O)c1ccc([N+](=O)[O-])cc1.Cl. The van der Waals surface area contributed by atoms with Crippen LogP contribution in [0.25, 0.3) is 0 Å². The number of nitro groups is 1. The number of rotatable bonds is 7. The maximum absolute atomic E-state index is 11.9. The molecule has 1 aromatic rings. The number of halogens is 1. The second-order valence-corrected chi connectivity index (χ2v) is 6.00. The fourth-order valence-electron chi connectivity index (χ4n) is 1.36. The van der Waals surface area contributed by atoms with Crippen LogP contribution in [0.15, 0.2) is 29.2 Å². The van der Waals surface area contributed by atoms with Crippen molar-refractivity contribution >= 4 is 34.0 Å². The van der Waals surface area contributed by atoms with Gasteiger partial charge in [0.15, 0.2) is 0 Å². The molecule has 1 atom stereocenters. The maximum atomic E-state index is 11.9. The van der Waals surface area contributed by atoms with Crippen LogP contribution in [0.3, 0.4) is 0 Å². The van der Waals surface area contributed by atoms with Gasteiger partial charge >= 0.3 is 0 Å². The number of non-ortho nitro benzene ring substituents is 1. The molecule has 0 aromatic heterocycles. The molecule has 1 amide bonds. The summed E-state index contributed by atoms with van der Waals surface area (Å²) in [4.78, 5) is 20.9. The number of hydrogen-bond acceptors (Lipinski definition) is 6. The van der Waals surface area contributed by atoms with Crippen LogP contribution >= 0.6 is 12.4 Å². The van der Waals surface area contributed by atoms with Gasteiger partial charge in [0.1, 0.15) is 0 Å². The summed E-state index contributed by atoms with van der Waals surface area (Å²) in [6.45, 7) is 1.58. The van der Waals surface area contributed by atoms with Gasteiger partial charge in [-0.15, -0.1) is 12.4 Å². The quantitative estimate of drug-likeness (QED) is 0.351. The molecule has 0 aliphatic heterocycles. The van der Waals surface area contributed by atoms with E-state index in [2.05, 4.69) is 10.0 Å². The molecular formula is C11H17ClN4O5S. The van der Waals surface area contributed by atoms with Crippen LogP contribution < -0.4 is 15.8 Å². The van der Waals surface area contributed by atoms with Crippen molar-refractivity contribution in [3.63, 3.8) is 0 Å². The molecule has 0 spiro atoms. The minimum absolute atomic E-state index is 0. The van der Waals surface area contributed by atoms with Gasteiger partial charge in [0, 0.05) is 25.2 Å². The topological polar surface area (TPSA) is 144 Å². The second kappa shape index (κ2) is 8.63. The number of benzene rings is 1. The number of nitro benzene ring substituents is 1. The van der Waals surface area contributed by atoms with E-state index < -0.39 is 21.0 Å². The number of nitrogens with one attached hydrogen (secondary N) is 2. The Balaban J connectivity index is 0.00000441. The zero-order valence-electron chi connectivity index (χ0n) is 11.7. The van der Waals surface area contributed by atoms with Crippen LogP contribution in [0.4, 0.5) is 5.69 Å². The molecule has 0 fully saturated rings. The molecule has 124 valence electrons. The van der Waals surface area contributed by atoms with E-state index in [4.69, 9.17) is 5.73 Å². The molecule has 0 bridgehead atoms. The lowest BCUT2D eigenvalue weighted by Gasteiger charge is -2.09. The Morgan fingerprint density at radius 1 is 1.32 bits per heavy atom. The predicted molar refractivity (Wildman–Crippen MR) is 82.2 cm³/mol. The first-order chi connectivity index (χ1) is 9.74. The minimum atomic E-state index is -3.78. The molecule has 0 heterocycles. The van der Waals surface area contributed by atoms with E-state index >= 15 is 0 Å². The van der Waals surface area contributed by atoms with E-state index in [0.29, 0.717) is 0 Å². The molecule has 1 aromatic carbocycles. The van der Waals surface area contributed by atoms with Crippen LogP contribution in [0, 0.1) is 10.1 Å². The van der Waals surface area contributed by atoms with Crippen molar-refractivity contribution in [1.29, 1.82) is 0 Å². The summed E-state index contributed by atoms with van der Waals surface area (Å²) >= 11 is 0. The van der Waals surface area contributed by atoms with Crippen molar-refractivity contribution in [2.45, 2.75) is 17.9 Å². The van der Waals surface area contributed by atoms with Crippen molar-refractivity contribution in [2.24, 2.45) is 5.73 Å². The predicted octanol–water partition coefficient (Wildman–Crippen LogP) is -0.242. The standard InChI is InChI=1S/C11H16N4O5S.ClH/c1-8(12)11(16)13-6-7-14-21(19,20)10-4-2-9(3-5-10)15(17)18;/h2-5,8,14H,6-7,12H2,1H3,(H,13,16);1H/t8-;/m0./s1. The number of hydrogen-bond donors (Lipinski definition) is 3. The summed E-state index contributed by atoms with van der Waals surface area (Å²) in [5.74, 6) is -0.385. The molecular weight excluding hydrogens is 336 g/mol. The summed E-state index contributed by atoms with van der Waals surface area (Å²) in [6.07, 6.45) is 0. The highest BCUT2D eigenvalue weighted by Gasteiger charge is 2.15. The van der Waals surface area contributed by atoms with E-state index in [1.165, 1.54) is 6.92 Å². The summed E-state index contributed by atoms with van der Waals surface area (Å²) < 4.78 is 26.0. The van der Waals surface area contributed by atoms with E-state index in [-0.39, 0.29) is 42.0 Å². The number of carbonyl (C=O) groups excluding carboxylic acids is 1. The molecule has 0 saturated heterocycles. The number of carbonyl (C=O) groups is 1. The first-order valence-electron chi connectivity index (χ1n) is 6.01. The van der Waals surface area contributed by atoms with Crippen molar-refractivity contribution in [3.8, 4) is 0 Å². The van der Waals surface area contributed by atoms with Gasteiger partial charge < -0.3 is 11.1 Å². The molecule has 0 radical (unpaired) electrons. The molecule has 0 unspecified atom stereocenters. The third kappa shape index (κ3) is 5.93. The Hall–Kier alpha value is -1.75. The lowest BCUT2D eigenvalue weighted by molar-refractivity contribution is -0.384. The number of sulfonamides is 1. The minimum Gasteiger partial charge on any atom is -0.353 e. The Kier molecular flexibility index (Phi) is 7.95. The van der Waals surface area contributed by atoms with Crippen LogP contribution in [0.2, 0.25) is 0 Å². The molecule has 1 rings (SSSR count). The van der Waals surface area contributed by atoms with Gasteiger partial charge in [-0.1, -0.05) is 0 Å². The van der Waals surface area contributed by atoms with Gasteiger partial charge in [-0.05, 0) is 19.1 Å². The Labute approximate surface area is 133 Å². The van der Waals surface area contributed by atoms with Gasteiger partial charge in [0.25, 0.3) is 5.69 Å². The summed E-state index contributed by atoms with van der Waals surface area (Å²) in [5, 5.41) is 12.9. The highest BCUT2D eigenvalue weighted by molar-refractivity contribution is 7.89. The monoisotopic (exact) mass is 352 g/mol. The normalized spacial score (nSPS) is 12.1.